The van der Waals surface area contributed by atoms with Gasteiger partial charge in [0.25, 0.3) is 0 Å². The summed E-state index contributed by atoms with van der Waals surface area (Å²) in [5.41, 5.74) is 2.12. The van der Waals surface area contributed by atoms with E-state index in [1.54, 1.807) is 0 Å². The average Bonchev–Trinajstić information content (AvgIpc) is 3.18. The Hall–Kier alpha value is -0.620. The minimum absolute atomic E-state index is 0.00572. The smallest absolute Gasteiger partial charge is 0.150 e. The van der Waals surface area contributed by atoms with E-state index in [0.717, 1.165) is 51.8 Å². The summed E-state index contributed by atoms with van der Waals surface area (Å²) in [6, 6.07) is 1.99. The van der Waals surface area contributed by atoms with Crippen LogP contribution in [0.3, 0.4) is 0 Å². The fraction of sp³-hybridized carbons (Fsp3) is 0.562. The van der Waals surface area contributed by atoms with Crippen molar-refractivity contribution in [1.29, 1.82) is 0 Å². The topological polar surface area (TPSA) is 47.3 Å². The minimum Gasteiger partial charge on any atom is -0.396 e. The van der Waals surface area contributed by atoms with Crippen LogP contribution in [0, 0.1) is 5.92 Å². The third-order valence-electron chi connectivity index (χ3n) is 4.78. The lowest BCUT2D eigenvalue weighted by Crippen LogP contribution is -2.18. The van der Waals surface area contributed by atoms with Gasteiger partial charge in [0.2, 0.25) is 0 Å². The molecule has 4 rings (SSSR count). The average molecular weight is 386 g/mol. The fourth-order valence-corrected chi connectivity index (χ4v) is 4.69. The molecule has 118 valence electrons. The molecule has 0 amide bonds. The van der Waals surface area contributed by atoms with Crippen molar-refractivity contribution in [2.24, 2.45) is 5.92 Å². The van der Waals surface area contributed by atoms with Crippen LogP contribution < -0.4 is 0 Å². The third-order valence-corrected chi connectivity index (χ3v) is 5.95. The summed E-state index contributed by atoms with van der Waals surface area (Å²) in [5, 5.41) is 15.7. The van der Waals surface area contributed by atoms with Gasteiger partial charge in [-0.05, 0) is 65.1 Å². The molecule has 1 aliphatic heterocycles. The van der Waals surface area contributed by atoms with Crippen LogP contribution in [-0.4, -0.2) is 28.1 Å². The molecule has 0 radical (unpaired) electrons. The van der Waals surface area contributed by atoms with Crippen LogP contribution in [0.2, 0.25) is 5.02 Å². The highest BCUT2D eigenvalue weighted by Gasteiger charge is 2.40. The van der Waals surface area contributed by atoms with Crippen LogP contribution in [0.5, 0.6) is 0 Å². The van der Waals surface area contributed by atoms with E-state index in [4.69, 9.17) is 16.3 Å². The summed E-state index contributed by atoms with van der Waals surface area (Å²) < 4.78 is 8.81. The molecule has 1 aromatic carbocycles. The summed E-state index contributed by atoms with van der Waals surface area (Å²) in [7, 11) is 0. The van der Waals surface area contributed by atoms with Crippen LogP contribution >= 0.6 is 27.5 Å². The molecule has 2 aromatic rings. The molecule has 2 fully saturated rings. The van der Waals surface area contributed by atoms with Gasteiger partial charge in [-0.1, -0.05) is 11.6 Å². The molecular weight excluding hydrogens is 368 g/mol. The first-order valence-corrected chi connectivity index (χ1v) is 8.95. The Morgan fingerprint density at radius 1 is 1.45 bits per heavy atom. The van der Waals surface area contributed by atoms with Gasteiger partial charge in [-0.3, -0.25) is 0 Å². The normalized spacial score (nSPS) is 28.2. The Morgan fingerprint density at radius 2 is 2.32 bits per heavy atom. The van der Waals surface area contributed by atoms with Gasteiger partial charge in [0.15, 0.2) is 6.23 Å². The van der Waals surface area contributed by atoms with Crippen molar-refractivity contribution in [3.8, 4) is 0 Å². The molecule has 1 aromatic heterocycles. The highest BCUT2D eigenvalue weighted by Crippen LogP contribution is 2.53. The number of nitrogens with zero attached hydrogens (tertiary/aromatic N) is 2. The van der Waals surface area contributed by atoms with Gasteiger partial charge in [-0.2, -0.15) is 5.10 Å². The quantitative estimate of drug-likeness (QED) is 0.859. The monoisotopic (exact) mass is 384 g/mol. The van der Waals surface area contributed by atoms with E-state index in [1.807, 2.05) is 16.9 Å². The molecular formula is C16H18BrClN2O2. The number of halogens is 2. The molecule has 1 saturated carbocycles. The van der Waals surface area contributed by atoms with Crippen LogP contribution in [0.15, 0.2) is 16.7 Å². The zero-order valence-electron chi connectivity index (χ0n) is 12.1. The molecule has 1 saturated heterocycles. The van der Waals surface area contributed by atoms with E-state index in [-0.39, 0.29) is 12.8 Å². The summed E-state index contributed by atoms with van der Waals surface area (Å²) in [5.74, 6) is 0.688. The van der Waals surface area contributed by atoms with Crippen molar-refractivity contribution in [1.82, 2.24) is 9.78 Å². The number of aliphatic hydroxyl groups is 1. The first-order valence-electron chi connectivity index (χ1n) is 7.78. The van der Waals surface area contributed by atoms with Crippen LogP contribution in [0.25, 0.3) is 10.9 Å². The highest BCUT2D eigenvalue weighted by atomic mass is 79.9. The molecule has 1 aliphatic carbocycles. The zero-order valence-corrected chi connectivity index (χ0v) is 14.5. The lowest BCUT2D eigenvalue weighted by Gasteiger charge is -2.23. The molecule has 0 bridgehead atoms. The second-order valence-corrected chi connectivity index (χ2v) is 7.41. The van der Waals surface area contributed by atoms with E-state index >= 15 is 0 Å². The number of ether oxygens (including phenoxy) is 1. The number of aromatic nitrogens is 2. The van der Waals surface area contributed by atoms with Crippen molar-refractivity contribution in [3.05, 3.63) is 27.3 Å². The van der Waals surface area contributed by atoms with Gasteiger partial charge in [-0.15, -0.1) is 0 Å². The number of fused-ring (bicyclic) bond motifs is 1. The zero-order chi connectivity index (χ0) is 15.3. The maximum Gasteiger partial charge on any atom is 0.150 e. The van der Waals surface area contributed by atoms with E-state index in [0.29, 0.717) is 11.8 Å². The predicted octanol–water partition coefficient (Wildman–Crippen LogP) is 4.25. The fourth-order valence-electron chi connectivity index (χ4n) is 3.42. The molecule has 22 heavy (non-hydrogen) atoms. The predicted molar refractivity (Wildman–Crippen MR) is 89.2 cm³/mol. The Labute approximate surface area is 142 Å². The number of benzene rings is 1. The Balaban J connectivity index is 1.77. The molecule has 6 heteroatoms. The maximum atomic E-state index is 9.32. The maximum absolute atomic E-state index is 9.32. The van der Waals surface area contributed by atoms with Crippen LogP contribution in [0.4, 0.5) is 0 Å². The SMILES string of the molecule is OC[C@H]1C[C@H]1c1c(Cl)cc2c(cnn2C2CCCCO2)c1Br. The van der Waals surface area contributed by atoms with Crippen molar-refractivity contribution in [2.45, 2.75) is 37.8 Å². The number of aliphatic hydroxyl groups excluding tert-OH is 1. The molecule has 0 spiro atoms. The van der Waals surface area contributed by atoms with E-state index in [2.05, 4.69) is 21.0 Å². The Morgan fingerprint density at radius 3 is 3.00 bits per heavy atom. The summed E-state index contributed by atoms with van der Waals surface area (Å²) in [6.45, 7) is 1.01. The van der Waals surface area contributed by atoms with Crippen LogP contribution in [0.1, 0.15) is 43.4 Å². The largest absolute Gasteiger partial charge is 0.396 e. The lowest BCUT2D eigenvalue weighted by atomic mass is 10.1. The summed E-state index contributed by atoms with van der Waals surface area (Å²) in [6.07, 6.45) is 6.16. The highest BCUT2D eigenvalue weighted by molar-refractivity contribution is 9.10. The van der Waals surface area contributed by atoms with Gasteiger partial charge in [0, 0.05) is 28.1 Å². The lowest BCUT2D eigenvalue weighted by molar-refractivity contribution is -0.0366. The molecule has 2 heterocycles. The number of hydrogen-bond donors (Lipinski definition) is 1. The van der Waals surface area contributed by atoms with E-state index in [9.17, 15) is 5.11 Å². The van der Waals surface area contributed by atoms with Gasteiger partial charge in [0.05, 0.1) is 11.7 Å². The minimum atomic E-state index is 0.00572. The van der Waals surface area contributed by atoms with E-state index < -0.39 is 0 Å². The van der Waals surface area contributed by atoms with Gasteiger partial charge >= 0.3 is 0 Å². The van der Waals surface area contributed by atoms with Crippen LogP contribution in [-0.2, 0) is 4.74 Å². The molecule has 4 nitrogen and oxygen atoms in total. The summed E-state index contributed by atoms with van der Waals surface area (Å²) >= 11 is 10.2. The first-order chi connectivity index (χ1) is 10.7. The number of hydrogen-bond acceptors (Lipinski definition) is 3. The molecule has 1 N–H and O–H groups in total. The van der Waals surface area contributed by atoms with Crippen molar-refractivity contribution >= 4 is 38.4 Å². The Bertz CT molecular complexity index is 712. The van der Waals surface area contributed by atoms with Gasteiger partial charge in [-0.25, -0.2) is 4.68 Å². The third kappa shape index (κ3) is 2.39. The second kappa shape index (κ2) is 5.78. The van der Waals surface area contributed by atoms with E-state index in [1.165, 1.54) is 6.42 Å². The summed E-state index contributed by atoms with van der Waals surface area (Å²) in [4.78, 5) is 0. The molecule has 3 atom stereocenters. The standard InChI is InChI=1S/C16H18BrClN2O2/c17-16-11-7-19-20(14-3-1-2-4-22-14)13(11)6-12(18)15(16)10-5-9(10)8-21/h6-7,9-10,14,21H,1-5,8H2/t9-,10-,14?/m1/s1. The first kappa shape index (κ1) is 14.9. The molecule has 1 unspecified atom stereocenters. The molecule has 2 aliphatic rings. The Kier molecular flexibility index (Phi) is 3.93. The second-order valence-electron chi connectivity index (χ2n) is 6.21. The van der Waals surface area contributed by atoms with Gasteiger partial charge < -0.3 is 9.84 Å². The van der Waals surface area contributed by atoms with Crippen molar-refractivity contribution in [3.63, 3.8) is 0 Å². The van der Waals surface area contributed by atoms with Gasteiger partial charge in [0.1, 0.15) is 0 Å². The van der Waals surface area contributed by atoms with Crippen molar-refractivity contribution in [2.75, 3.05) is 13.2 Å². The van der Waals surface area contributed by atoms with Crippen molar-refractivity contribution < 1.29 is 9.84 Å². The number of rotatable bonds is 3.